The van der Waals surface area contributed by atoms with Gasteiger partial charge in [-0.1, -0.05) is 17.7 Å². The number of carbonyl (C=O) groups is 2. The Morgan fingerprint density at radius 3 is 2.50 bits per heavy atom. The number of urea groups is 1. The Balaban J connectivity index is 1.79. The van der Waals surface area contributed by atoms with Gasteiger partial charge in [-0.3, -0.25) is 4.79 Å². The van der Waals surface area contributed by atoms with Gasteiger partial charge in [-0.25, -0.2) is 4.79 Å². The van der Waals surface area contributed by atoms with E-state index in [0.717, 1.165) is 41.8 Å². The quantitative estimate of drug-likeness (QED) is 0.774. The van der Waals surface area contributed by atoms with Gasteiger partial charge in [0.2, 0.25) is 5.91 Å². The van der Waals surface area contributed by atoms with Crippen LogP contribution in [0.2, 0.25) is 0 Å². The molecule has 1 heterocycles. The zero-order valence-corrected chi connectivity index (χ0v) is 14.9. The highest BCUT2D eigenvalue weighted by Gasteiger charge is 2.23. The summed E-state index contributed by atoms with van der Waals surface area (Å²) >= 11 is 0. The van der Waals surface area contributed by atoms with E-state index in [1.807, 2.05) is 39.8 Å². The van der Waals surface area contributed by atoms with Crippen LogP contribution in [0.3, 0.4) is 0 Å². The molecule has 0 bridgehead atoms. The van der Waals surface area contributed by atoms with Crippen molar-refractivity contribution in [2.45, 2.75) is 52.7 Å². The van der Waals surface area contributed by atoms with Crippen LogP contribution in [0.25, 0.3) is 0 Å². The van der Waals surface area contributed by atoms with Crippen LogP contribution in [0.1, 0.15) is 36.5 Å². The fourth-order valence-corrected chi connectivity index (χ4v) is 3.07. The van der Waals surface area contributed by atoms with Crippen LogP contribution in [-0.2, 0) is 9.53 Å². The largest absolute Gasteiger partial charge is 0.376 e. The number of anilines is 1. The summed E-state index contributed by atoms with van der Waals surface area (Å²) in [5.41, 5.74) is 3.98. The minimum Gasteiger partial charge on any atom is -0.376 e. The van der Waals surface area contributed by atoms with Crippen LogP contribution in [-0.4, -0.2) is 37.2 Å². The third-order valence-electron chi connectivity index (χ3n) is 4.23. The zero-order chi connectivity index (χ0) is 17.7. The molecule has 3 N–H and O–H groups in total. The topological polar surface area (TPSA) is 79.5 Å². The maximum Gasteiger partial charge on any atom is 0.315 e. The maximum absolute atomic E-state index is 12.1. The SMILES string of the molecule is Cc1cc(C)c(NC(=O)CNC(=O)NC(C)C2CCCO2)c(C)c1. The van der Waals surface area contributed by atoms with E-state index < -0.39 is 0 Å². The van der Waals surface area contributed by atoms with Crippen LogP contribution in [0.15, 0.2) is 12.1 Å². The Labute approximate surface area is 143 Å². The van der Waals surface area contributed by atoms with Crippen LogP contribution in [0, 0.1) is 20.8 Å². The summed E-state index contributed by atoms with van der Waals surface area (Å²) in [5, 5.41) is 8.27. The van der Waals surface area contributed by atoms with E-state index in [9.17, 15) is 9.59 Å². The normalized spacial score (nSPS) is 18.1. The lowest BCUT2D eigenvalue weighted by Crippen LogP contribution is -2.47. The van der Waals surface area contributed by atoms with Gasteiger partial charge >= 0.3 is 6.03 Å². The minimum absolute atomic E-state index is 0.0578. The molecule has 6 heteroatoms. The summed E-state index contributed by atoms with van der Waals surface area (Å²) < 4.78 is 5.53. The van der Waals surface area contributed by atoms with Crippen molar-refractivity contribution in [3.05, 3.63) is 28.8 Å². The molecule has 24 heavy (non-hydrogen) atoms. The highest BCUT2D eigenvalue weighted by molar-refractivity contribution is 5.95. The smallest absolute Gasteiger partial charge is 0.315 e. The monoisotopic (exact) mass is 333 g/mol. The number of aryl methyl sites for hydroxylation is 3. The minimum atomic E-state index is -0.356. The van der Waals surface area contributed by atoms with Crippen molar-refractivity contribution in [2.24, 2.45) is 0 Å². The number of benzene rings is 1. The number of carbonyl (C=O) groups excluding carboxylic acids is 2. The summed E-state index contributed by atoms with van der Waals surface area (Å²) in [4.78, 5) is 24.0. The summed E-state index contributed by atoms with van der Waals surface area (Å²) in [5.74, 6) is -0.245. The maximum atomic E-state index is 12.1. The van der Waals surface area contributed by atoms with E-state index in [1.165, 1.54) is 0 Å². The van der Waals surface area contributed by atoms with Crippen molar-refractivity contribution in [1.82, 2.24) is 10.6 Å². The predicted octanol–water partition coefficient (Wildman–Crippen LogP) is 2.42. The van der Waals surface area contributed by atoms with Gasteiger partial charge in [-0.05, 0) is 51.7 Å². The fraction of sp³-hybridized carbons (Fsp3) is 0.556. The molecule has 2 rings (SSSR count). The fourth-order valence-electron chi connectivity index (χ4n) is 3.07. The molecular formula is C18H27N3O3. The Morgan fingerprint density at radius 1 is 1.25 bits per heavy atom. The molecule has 0 spiro atoms. The van der Waals surface area contributed by atoms with Gasteiger partial charge in [0, 0.05) is 12.3 Å². The standard InChI is InChI=1S/C18H27N3O3/c1-11-8-12(2)17(13(3)9-11)21-16(22)10-19-18(23)20-14(4)15-6-5-7-24-15/h8-9,14-15H,5-7,10H2,1-4H3,(H,21,22)(H2,19,20,23). The average molecular weight is 333 g/mol. The van der Waals surface area contributed by atoms with Gasteiger partial charge in [-0.2, -0.15) is 0 Å². The van der Waals surface area contributed by atoms with Crippen LogP contribution in [0.4, 0.5) is 10.5 Å². The molecule has 2 unspecified atom stereocenters. The molecule has 1 aliphatic rings. The molecule has 1 saturated heterocycles. The van der Waals surface area contributed by atoms with Crippen molar-refractivity contribution in [2.75, 3.05) is 18.5 Å². The average Bonchev–Trinajstić information content (AvgIpc) is 3.03. The Hall–Kier alpha value is -2.08. The van der Waals surface area contributed by atoms with Crippen LogP contribution >= 0.6 is 0 Å². The van der Waals surface area contributed by atoms with Crippen LogP contribution < -0.4 is 16.0 Å². The van der Waals surface area contributed by atoms with Gasteiger partial charge in [0.05, 0.1) is 18.7 Å². The first kappa shape index (κ1) is 18.3. The van der Waals surface area contributed by atoms with Crippen LogP contribution in [0.5, 0.6) is 0 Å². The molecule has 0 radical (unpaired) electrons. The molecule has 6 nitrogen and oxygen atoms in total. The number of hydrogen-bond acceptors (Lipinski definition) is 3. The Bertz CT molecular complexity index is 587. The van der Waals surface area contributed by atoms with Gasteiger partial charge in [-0.15, -0.1) is 0 Å². The molecule has 1 aromatic rings. The third-order valence-corrected chi connectivity index (χ3v) is 4.23. The van der Waals surface area contributed by atoms with Gasteiger partial charge in [0.25, 0.3) is 0 Å². The predicted molar refractivity (Wildman–Crippen MR) is 94.3 cm³/mol. The lowest BCUT2D eigenvalue weighted by atomic mass is 10.1. The molecule has 0 aliphatic carbocycles. The highest BCUT2D eigenvalue weighted by atomic mass is 16.5. The lowest BCUT2D eigenvalue weighted by molar-refractivity contribution is -0.115. The van der Waals surface area contributed by atoms with Gasteiger partial charge in [0.15, 0.2) is 0 Å². The summed E-state index contributed by atoms with van der Waals surface area (Å²) in [7, 11) is 0. The number of rotatable bonds is 5. The van der Waals surface area contributed by atoms with Crippen molar-refractivity contribution in [3.8, 4) is 0 Å². The van der Waals surface area contributed by atoms with E-state index >= 15 is 0 Å². The molecule has 1 aromatic carbocycles. The molecule has 1 fully saturated rings. The Morgan fingerprint density at radius 2 is 1.92 bits per heavy atom. The van der Waals surface area contributed by atoms with Crippen molar-refractivity contribution >= 4 is 17.6 Å². The molecule has 2 atom stereocenters. The number of hydrogen-bond donors (Lipinski definition) is 3. The van der Waals surface area contributed by atoms with E-state index in [-0.39, 0.29) is 30.6 Å². The summed E-state index contributed by atoms with van der Waals surface area (Å²) in [6.45, 7) is 8.52. The highest BCUT2D eigenvalue weighted by Crippen LogP contribution is 2.21. The molecule has 3 amide bonds. The van der Waals surface area contributed by atoms with E-state index in [2.05, 4.69) is 16.0 Å². The number of nitrogens with one attached hydrogen (secondary N) is 3. The Kier molecular flexibility index (Phi) is 6.20. The van der Waals surface area contributed by atoms with Crippen molar-refractivity contribution in [3.63, 3.8) is 0 Å². The van der Waals surface area contributed by atoms with E-state index in [4.69, 9.17) is 4.74 Å². The summed E-state index contributed by atoms with van der Waals surface area (Å²) in [6, 6.07) is 3.61. The second kappa shape index (κ2) is 8.15. The molecule has 1 aliphatic heterocycles. The van der Waals surface area contributed by atoms with Crippen molar-refractivity contribution in [1.29, 1.82) is 0 Å². The molecular weight excluding hydrogens is 306 g/mol. The number of ether oxygens (including phenoxy) is 1. The first-order valence-corrected chi connectivity index (χ1v) is 8.40. The third kappa shape index (κ3) is 4.96. The first-order valence-electron chi connectivity index (χ1n) is 8.40. The second-order valence-electron chi connectivity index (χ2n) is 6.49. The second-order valence-corrected chi connectivity index (χ2v) is 6.49. The van der Waals surface area contributed by atoms with E-state index in [1.54, 1.807) is 0 Å². The van der Waals surface area contributed by atoms with Gasteiger partial charge < -0.3 is 20.7 Å². The van der Waals surface area contributed by atoms with E-state index in [0.29, 0.717) is 0 Å². The van der Waals surface area contributed by atoms with Crippen molar-refractivity contribution < 1.29 is 14.3 Å². The number of amides is 3. The first-order chi connectivity index (χ1) is 11.4. The molecule has 0 saturated carbocycles. The van der Waals surface area contributed by atoms with Gasteiger partial charge in [0.1, 0.15) is 0 Å². The zero-order valence-electron chi connectivity index (χ0n) is 14.9. The lowest BCUT2D eigenvalue weighted by Gasteiger charge is -2.20. The molecule has 0 aromatic heterocycles. The summed E-state index contributed by atoms with van der Waals surface area (Å²) in [6.07, 6.45) is 2.03. The molecule has 132 valence electrons.